The van der Waals surface area contributed by atoms with E-state index in [9.17, 15) is 4.79 Å². The van der Waals surface area contributed by atoms with Crippen molar-refractivity contribution in [2.75, 3.05) is 37.7 Å². The van der Waals surface area contributed by atoms with Gasteiger partial charge in [0.1, 0.15) is 34.9 Å². The Morgan fingerprint density at radius 2 is 1.81 bits per heavy atom. The van der Waals surface area contributed by atoms with Crippen LogP contribution < -0.4 is 9.64 Å². The van der Waals surface area contributed by atoms with Crippen molar-refractivity contribution in [2.24, 2.45) is 0 Å². The summed E-state index contributed by atoms with van der Waals surface area (Å²) >= 11 is 6.36. The van der Waals surface area contributed by atoms with Crippen LogP contribution >= 0.6 is 11.6 Å². The lowest BCUT2D eigenvalue weighted by Crippen LogP contribution is -2.49. The number of benzene rings is 2. The normalized spacial score (nSPS) is 13.6. The third-order valence-corrected chi connectivity index (χ3v) is 6.54. The van der Waals surface area contributed by atoms with Gasteiger partial charge in [0, 0.05) is 43.4 Å². The van der Waals surface area contributed by atoms with E-state index >= 15 is 0 Å². The van der Waals surface area contributed by atoms with E-state index in [1.54, 1.807) is 19.3 Å². The van der Waals surface area contributed by atoms with Gasteiger partial charge < -0.3 is 19.1 Å². The van der Waals surface area contributed by atoms with Gasteiger partial charge in [0.2, 0.25) is 0 Å². The summed E-state index contributed by atoms with van der Waals surface area (Å²) in [6.07, 6.45) is 1.58. The van der Waals surface area contributed by atoms with Crippen LogP contribution in [0.15, 0.2) is 65.4 Å². The number of halogens is 1. The summed E-state index contributed by atoms with van der Waals surface area (Å²) in [5.74, 6) is 2.03. The number of hydrogen-bond acceptors (Lipinski definition) is 7. The van der Waals surface area contributed by atoms with Crippen molar-refractivity contribution in [1.82, 2.24) is 20.0 Å². The molecule has 3 heterocycles. The van der Waals surface area contributed by atoms with Crippen LogP contribution in [0.3, 0.4) is 0 Å². The van der Waals surface area contributed by atoms with Crippen molar-refractivity contribution in [3.8, 4) is 28.3 Å². The molecule has 1 amide bonds. The molecular formula is C27H26ClN5O3. The molecule has 0 saturated carbocycles. The summed E-state index contributed by atoms with van der Waals surface area (Å²) in [6.45, 7) is 6.74. The Kier molecular flexibility index (Phi) is 6.86. The van der Waals surface area contributed by atoms with Crippen LogP contribution in [0.1, 0.15) is 23.0 Å². The number of amides is 1. The molecule has 0 unspecified atom stereocenters. The first-order chi connectivity index (χ1) is 17.5. The van der Waals surface area contributed by atoms with Crippen molar-refractivity contribution >= 4 is 23.3 Å². The molecule has 184 valence electrons. The molecule has 1 aliphatic heterocycles. The zero-order chi connectivity index (χ0) is 25.1. The predicted octanol–water partition coefficient (Wildman–Crippen LogP) is 5.12. The number of aromatic nitrogens is 3. The first-order valence-electron chi connectivity index (χ1n) is 11.9. The first-order valence-corrected chi connectivity index (χ1v) is 12.2. The number of ether oxygens (including phenoxy) is 1. The van der Waals surface area contributed by atoms with Crippen LogP contribution in [0.2, 0.25) is 5.02 Å². The third-order valence-electron chi connectivity index (χ3n) is 6.21. The summed E-state index contributed by atoms with van der Waals surface area (Å²) in [6, 6.07) is 17.2. The number of rotatable bonds is 6. The van der Waals surface area contributed by atoms with Crippen molar-refractivity contribution in [3.05, 3.63) is 77.3 Å². The molecule has 9 heteroatoms. The van der Waals surface area contributed by atoms with Gasteiger partial charge in [-0.25, -0.2) is 9.97 Å². The van der Waals surface area contributed by atoms with Crippen molar-refractivity contribution in [3.63, 3.8) is 0 Å². The van der Waals surface area contributed by atoms with Gasteiger partial charge in [0.15, 0.2) is 0 Å². The fourth-order valence-corrected chi connectivity index (χ4v) is 4.55. The molecule has 0 bridgehead atoms. The summed E-state index contributed by atoms with van der Waals surface area (Å²) < 4.78 is 10.9. The monoisotopic (exact) mass is 503 g/mol. The van der Waals surface area contributed by atoms with E-state index in [-0.39, 0.29) is 5.91 Å². The fourth-order valence-electron chi connectivity index (χ4n) is 4.32. The number of aryl methyl sites for hydroxylation is 1. The third kappa shape index (κ3) is 4.77. The summed E-state index contributed by atoms with van der Waals surface area (Å²) in [5, 5.41) is 4.66. The molecule has 8 nitrogen and oxygen atoms in total. The molecule has 1 fully saturated rings. The Balaban J connectivity index is 1.29. The summed E-state index contributed by atoms with van der Waals surface area (Å²) in [4.78, 5) is 26.4. The number of anilines is 1. The highest BCUT2D eigenvalue weighted by Gasteiger charge is 2.29. The maximum Gasteiger partial charge on any atom is 0.259 e. The van der Waals surface area contributed by atoms with E-state index in [4.69, 9.17) is 20.9 Å². The van der Waals surface area contributed by atoms with E-state index in [1.165, 1.54) is 0 Å². The Labute approximate surface area is 214 Å². The quantitative estimate of drug-likeness (QED) is 0.361. The van der Waals surface area contributed by atoms with Gasteiger partial charge >= 0.3 is 0 Å². The van der Waals surface area contributed by atoms with Gasteiger partial charge in [-0.15, -0.1) is 0 Å². The van der Waals surface area contributed by atoms with Gasteiger partial charge in [-0.3, -0.25) is 4.79 Å². The minimum atomic E-state index is -0.110. The second kappa shape index (κ2) is 10.4. The zero-order valence-electron chi connectivity index (χ0n) is 20.1. The van der Waals surface area contributed by atoms with Gasteiger partial charge in [-0.1, -0.05) is 35.0 Å². The molecule has 2 aromatic heterocycles. The average molecular weight is 504 g/mol. The van der Waals surface area contributed by atoms with Crippen LogP contribution in [0, 0.1) is 6.92 Å². The molecule has 36 heavy (non-hydrogen) atoms. The molecule has 0 spiro atoms. The van der Waals surface area contributed by atoms with E-state index in [0.29, 0.717) is 60.4 Å². The number of piperazine rings is 1. The minimum Gasteiger partial charge on any atom is -0.494 e. The Bertz CT molecular complexity index is 1360. The van der Waals surface area contributed by atoms with Crippen molar-refractivity contribution in [1.29, 1.82) is 0 Å². The molecule has 0 aliphatic carbocycles. The molecule has 1 saturated heterocycles. The van der Waals surface area contributed by atoms with Gasteiger partial charge in [0.25, 0.3) is 5.91 Å². The Morgan fingerprint density at radius 3 is 2.53 bits per heavy atom. The smallest absolute Gasteiger partial charge is 0.259 e. The van der Waals surface area contributed by atoms with E-state index in [2.05, 4.69) is 20.0 Å². The lowest BCUT2D eigenvalue weighted by atomic mass is 10.0. The topological polar surface area (TPSA) is 84.6 Å². The molecule has 0 atom stereocenters. The molecule has 5 rings (SSSR count). The predicted molar refractivity (Wildman–Crippen MR) is 138 cm³/mol. The lowest BCUT2D eigenvalue weighted by Gasteiger charge is -2.35. The largest absolute Gasteiger partial charge is 0.494 e. The maximum atomic E-state index is 13.5. The minimum absolute atomic E-state index is 0.110. The van der Waals surface area contributed by atoms with Crippen LogP contribution in [-0.4, -0.2) is 58.7 Å². The second-order valence-corrected chi connectivity index (χ2v) is 8.85. The standard InChI is InChI=1S/C27H26ClN5O3/c1-3-35-20-10-8-19(9-11-20)23-16-24(30-17-29-23)32-12-14-33(15-13-32)27(34)25-18(2)36-31-26(25)21-6-4-5-7-22(21)28/h4-11,16-17H,3,12-15H2,1-2H3. The van der Waals surface area contributed by atoms with Crippen molar-refractivity contribution < 1.29 is 14.1 Å². The molecule has 0 radical (unpaired) electrons. The highest BCUT2D eigenvalue weighted by Crippen LogP contribution is 2.32. The van der Waals surface area contributed by atoms with Gasteiger partial charge in [-0.2, -0.15) is 0 Å². The van der Waals surface area contributed by atoms with Gasteiger partial charge in [0.05, 0.1) is 17.3 Å². The van der Waals surface area contributed by atoms with E-state index in [0.717, 1.165) is 22.8 Å². The molecule has 0 N–H and O–H groups in total. The average Bonchev–Trinajstić information content (AvgIpc) is 3.30. The van der Waals surface area contributed by atoms with Crippen LogP contribution in [0.25, 0.3) is 22.5 Å². The molecule has 1 aliphatic rings. The van der Waals surface area contributed by atoms with E-state index in [1.807, 2.05) is 60.4 Å². The number of carbonyl (C=O) groups excluding carboxylic acids is 1. The van der Waals surface area contributed by atoms with Gasteiger partial charge in [-0.05, 0) is 44.2 Å². The fraction of sp³-hybridized carbons (Fsp3) is 0.259. The number of hydrogen-bond donors (Lipinski definition) is 0. The van der Waals surface area contributed by atoms with Crippen LogP contribution in [-0.2, 0) is 0 Å². The first kappa shape index (κ1) is 23.8. The molecule has 4 aromatic rings. The van der Waals surface area contributed by atoms with E-state index < -0.39 is 0 Å². The number of carbonyl (C=O) groups is 1. The van der Waals surface area contributed by atoms with Crippen LogP contribution in [0.4, 0.5) is 5.82 Å². The zero-order valence-corrected chi connectivity index (χ0v) is 20.9. The highest BCUT2D eigenvalue weighted by atomic mass is 35.5. The SMILES string of the molecule is CCOc1ccc(-c2cc(N3CCN(C(=O)c4c(-c5ccccc5Cl)noc4C)CC3)ncn2)cc1. The maximum absolute atomic E-state index is 13.5. The Hall–Kier alpha value is -3.91. The Morgan fingerprint density at radius 1 is 1.06 bits per heavy atom. The number of nitrogens with zero attached hydrogens (tertiary/aromatic N) is 5. The molecular weight excluding hydrogens is 478 g/mol. The highest BCUT2D eigenvalue weighted by molar-refractivity contribution is 6.33. The summed E-state index contributed by atoms with van der Waals surface area (Å²) in [5.41, 5.74) is 3.44. The lowest BCUT2D eigenvalue weighted by molar-refractivity contribution is 0.0745. The van der Waals surface area contributed by atoms with Crippen LogP contribution in [0.5, 0.6) is 5.75 Å². The molecule has 2 aromatic carbocycles. The van der Waals surface area contributed by atoms with Crippen molar-refractivity contribution in [2.45, 2.75) is 13.8 Å². The summed E-state index contributed by atoms with van der Waals surface area (Å²) in [7, 11) is 0. The second-order valence-electron chi connectivity index (χ2n) is 8.44.